The molecule has 2 aromatic carbocycles. The SMILES string of the molecule is O=C(NCC(O)c1cccc(F)c1)[C@H]1CCO[C@@H]1c1cnn(-c2ccccc2F)c1. The lowest BCUT2D eigenvalue weighted by Crippen LogP contribution is -2.35. The zero-order valence-corrected chi connectivity index (χ0v) is 16.0. The molecule has 1 aliphatic rings. The molecule has 8 heteroatoms. The number of aliphatic hydroxyl groups is 1. The van der Waals surface area contributed by atoms with Gasteiger partial charge in [-0.1, -0.05) is 24.3 Å². The van der Waals surface area contributed by atoms with Crippen molar-refractivity contribution in [2.45, 2.75) is 18.6 Å². The first-order valence-electron chi connectivity index (χ1n) is 9.65. The van der Waals surface area contributed by atoms with Gasteiger partial charge in [0.15, 0.2) is 0 Å². The second kappa shape index (κ2) is 8.73. The number of carbonyl (C=O) groups excluding carboxylic acids is 1. The van der Waals surface area contributed by atoms with Gasteiger partial charge in [0, 0.05) is 24.9 Å². The van der Waals surface area contributed by atoms with E-state index in [1.807, 2.05) is 0 Å². The second-order valence-electron chi connectivity index (χ2n) is 7.17. The molecule has 1 amide bonds. The number of amides is 1. The third kappa shape index (κ3) is 4.24. The number of aromatic nitrogens is 2. The van der Waals surface area contributed by atoms with Gasteiger partial charge in [-0.15, -0.1) is 0 Å². The van der Waals surface area contributed by atoms with Gasteiger partial charge in [-0.3, -0.25) is 4.79 Å². The molecule has 156 valence electrons. The largest absolute Gasteiger partial charge is 0.387 e. The van der Waals surface area contributed by atoms with Gasteiger partial charge in [-0.25, -0.2) is 13.5 Å². The number of carbonyl (C=O) groups is 1. The van der Waals surface area contributed by atoms with Crippen molar-refractivity contribution in [2.75, 3.05) is 13.2 Å². The van der Waals surface area contributed by atoms with Gasteiger partial charge < -0.3 is 15.2 Å². The fraction of sp³-hybridized carbons (Fsp3) is 0.273. The van der Waals surface area contributed by atoms with E-state index in [1.165, 1.54) is 28.9 Å². The lowest BCUT2D eigenvalue weighted by atomic mass is 9.96. The zero-order chi connectivity index (χ0) is 21.1. The molecular formula is C22H21F2N3O3. The van der Waals surface area contributed by atoms with Crippen LogP contribution >= 0.6 is 0 Å². The predicted octanol–water partition coefficient (Wildman–Crippen LogP) is 3.08. The van der Waals surface area contributed by atoms with E-state index in [0.717, 1.165) is 0 Å². The smallest absolute Gasteiger partial charge is 0.226 e. The minimum atomic E-state index is -1.02. The number of rotatable bonds is 6. The van der Waals surface area contributed by atoms with Crippen LogP contribution in [0, 0.1) is 17.6 Å². The number of nitrogens with one attached hydrogen (secondary N) is 1. The molecule has 0 spiro atoms. The zero-order valence-electron chi connectivity index (χ0n) is 16.0. The van der Waals surface area contributed by atoms with Crippen LogP contribution in [-0.4, -0.2) is 33.9 Å². The summed E-state index contributed by atoms with van der Waals surface area (Å²) in [7, 11) is 0. The predicted molar refractivity (Wildman–Crippen MR) is 105 cm³/mol. The second-order valence-corrected chi connectivity index (χ2v) is 7.17. The minimum absolute atomic E-state index is 0.0417. The van der Waals surface area contributed by atoms with Crippen molar-refractivity contribution < 1.29 is 23.4 Å². The maximum absolute atomic E-state index is 14.0. The third-order valence-corrected chi connectivity index (χ3v) is 5.16. The molecule has 1 unspecified atom stereocenters. The van der Waals surface area contributed by atoms with Crippen molar-refractivity contribution in [3.05, 3.63) is 83.7 Å². The summed E-state index contributed by atoms with van der Waals surface area (Å²) in [6.45, 7) is 0.361. The third-order valence-electron chi connectivity index (χ3n) is 5.16. The Labute approximate surface area is 172 Å². The van der Waals surface area contributed by atoms with E-state index >= 15 is 0 Å². The first-order chi connectivity index (χ1) is 14.5. The molecule has 3 aromatic rings. The van der Waals surface area contributed by atoms with E-state index in [2.05, 4.69) is 10.4 Å². The van der Waals surface area contributed by atoms with Crippen LogP contribution in [0.5, 0.6) is 0 Å². The molecule has 1 aromatic heterocycles. The van der Waals surface area contributed by atoms with Crippen molar-refractivity contribution in [3.63, 3.8) is 0 Å². The molecule has 6 nitrogen and oxygen atoms in total. The van der Waals surface area contributed by atoms with E-state index < -0.39 is 29.8 Å². The Bertz CT molecular complexity index is 1040. The Morgan fingerprint density at radius 2 is 2.10 bits per heavy atom. The number of halogens is 2. The summed E-state index contributed by atoms with van der Waals surface area (Å²) in [6.07, 6.45) is 2.18. The van der Waals surface area contributed by atoms with E-state index in [0.29, 0.717) is 29.8 Å². The van der Waals surface area contributed by atoms with Crippen molar-refractivity contribution in [2.24, 2.45) is 5.92 Å². The quantitative estimate of drug-likeness (QED) is 0.651. The van der Waals surface area contributed by atoms with Crippen LogP contribution < -0.4 is 5.32 Å². The molecule has 2 N–H and O–H groups in total. The number of hydrogen-bond acceptors (Lipinski definition) is 4. The fourth-order valence-electron chi connectivity index (χ4n) is 3.60. The molecule has 0 saturated carbocycles. The van der Waals surface area contributed by atoms with Crippen molar-refractivity contribution in [1.29, 1.82) is 0 Å². The van der Waals surface area contributed by atoms with Gasteiger partial charge in [0.1, 0.15) is 17.3 Å². The summed E-state index contributed by atoms with van der Waals surface area (Å²) in [5.74, 6) is -1.59. The highest BCUT2D eigenvalue weighted by molar-refractivity contribution is 5.79. The van der Waals surface area contributed by atoms with E-state index in [-0.39, 0.29) is 12.5 Å². The molecule has 4 rings (SSSR count). The normalized spacial score (nSPS) is 19.6. The fourth-order valence-corrected chi connectivity index (χ4v) is 3.60. The van der Waals surface area contributed by atoms with Crippen LogP contribution in [0.25, 0.3) is 5.69 Å². The van der Waals surface area contributed by atoms with Crippen LogP contribution in [0.1, 0.15) is 29.8 Å². The van der Waals surface area contributed by atoms with Crippen molar-refractivity contribution >= 4 is 5.91 Å². The lowest BCUT2D eigenvalue weighted by Gasteiger charge is -2.18. The molecule has 0 aliphatic carbocycles. The van der Waals surface area contributed by atoms with Gasteiger partial charge in [0.25, 0.3) is 0 Å². The Hall–Kier alpha value is -3.10. The van der Waals surface area contributed by atoms with Gasteiger partial charge in [-0.2, -0.15) is 5.10 Å². The Morgan fingerprint density at radius 3 is 2.90 bits per heavy atom. The highest BCUT2D eigenvalue weighted by atomic mass is 19.1. The van der Waals surface area contributed by atoms with Crippen molar-refractivity contribution in [1.82, 2.24) is 15.1 Å². The summed E-state index contributed by atoms with van der Waals surface area (Å²) < 4.78 is 34.5. The highest BCUT2D eigenvalue weighted by Gasteiger charge is 2.36. The van der Waals surface area contributed by atoms with Crippen molar-refractivity contribution in [3.8, 4) is 5.69 Å². The summed E-state index contributed by atoms with van der Waals surface area (Å²) in [5.41, 5.74) is 1.36. The Kier molecular flexibility index (Phi) is 5.87. The molecule has 1 aliphatic heterocycles. The first-order valence-corrected chi connectivity index (χ1v) is 9.65. The summed E-state index contributed by atoms with van der Waals surface area (Å²) in [5, 5.41) is 17.1. The number of nitrogens with zero attached hydrogens (tertiary/aromatic N) is 2. The number of hydrogen-bond donors (Lipinski definition) is 2. The van der Waals surface area contributed by atoms with Gasteiger partial charge >= 0.3 is 0 Å². The molecule has 3 atom stereocenters. The molecule has 0 radical (unpaired) electrons. The van der Waals surface area contributed by atoms with Gasteiger partial charge in [0.2, 0.25) is 5.91 Å². The standard InChI is InChI=1S/C22H21F2N3O3/c23-16-5-3-4-14(10-16)20(28)12-25-22(29)17-8-9-30-21(17)15-11-26-27(13-15)19-7-2-1-6-18(19)24/h1-7,10-11,13,17,20-21,28H,8-9,12H2,(H,25,29)/t17-,20?,21+/m0/s1. The number of para-hydroxylation sites is 1. The lowest BCUT2D eigenvalue weighted by molar-refractivity contribution is -0.127. The molecule has 30 heavy (non-hydrogen) atoms. The van der Waals surface area contributed by atoms with Crippen LogP contribution in [-0.2, 0) is 9.53 Å². The summed E-state index contributed by atoms with van der Waals surface area (Å²) >= 11 is 0. The van der Waals surface area contributed by atoms with Crippen LogP contribution in [0.2, 0.25) is 0 Å². The van der Waals surface area contributed by atoms with Crippen LogP contribution in [0.4, 0.5) is 8.78 Å². The minimum Gasteiger partial charge on any atom is -0.387 e. The van der Waals surface area contributed by atoms with E-state index in [9.17, 15) is 18.7 Å². The Balaban J connectivity index is 1.42. The number of aliphatic hydroxyl groups excluding tert-OH is 1. The van der Waals surface area contributed by atoms with Gasteiger partial charge in [-0.05, 0) is 36.2 Å². The monoisotopic (exact) mass is 413 g/mol. The first kappa shape index (κ1) is 20.2. The maximum Gasteiger partial charge on any atom is 0.226 e. The molecule has 0 bridgehead atoms. The molecule has 1 saturated heterocycles. The number of ether oxygens (including phenoxy) is 1. The van der Waals surface area contributed by atoms with Crippen LogP contribution in [0.15, 0.2) is 60.9 Å². The highest BCUT2D eigenvalue weighted by Crippen LogP contribution is 2.35. The van der Waals surface area contributed by atoms with E-state index in [1.54, 1.807) is 36.7 Å². The average molecular weight is 413 g/mol. The molecule has 1 fully saturated rings. The van der Waals surface area contributed by atoms with Gasteiger partial charge in [0.05, 0.1) is 24.3 Å². The molecule has 2 heterocycles. The average Bonchev–Trinajstić information content (AvgIpc) is 3.41. The topological polar surface area (TPSA) is 76.4 Å². The Morgan fingerprint density at radius 1 is 1.27 bits per heavy atom. The summed E-state index contributed by atoms with van der Waals surface area (Å²) in [4.78, 5) is 12.7. The van der Waals surface area contributed by atoms with E-state index in [4.69, 9.17) is 4.74 Å². The maximum atomic E-state index is 14.0. The number of benzene rings is 2. The summed E-state index contributed by atoms with van der Waals surface area (Å²) in [6, 6.07) is 11.9. The van der Waals surface area contributed by atoms with Crippen LogP contribution in [0.3, 0.4) is 0 Å². The molecular weight excluding hydrogens is 392 g/mol.